The van der Waals surface area contributed by atoms with Gasteiger partial charge in [-0.2, -0.15) is 0 Å². The van der Waals surface area contributed by atoms with E-state index in [0.29, 0.717) is 13.2 Å². The summed E-state index contributed by atoms with van der Waals surface area (Å²) in [5.41, 5.74) is 3.29. The van der Waals surface area contributed by atoms with Crippen LogP contribution in [0.25, 0.3) is 5.65 Å². The molecule has 0 saturated carbocycles. The van der Waals surface area contributed by atoms with Gasteiger partial charge in [-0.25, -0.2) is 0 Å². The highest BCUT2D eigenvalue weighted by Crippen LogP contribution is 2.07. The third-order valence-electron chi connectivity index (χ3n) is 3.30. The van der Waals surface area contributed by atoms with Gasteiger partial charge in [-0.15, -0.1) is 10.2 Å². The Morgan fingerprint density at radius 2 is 1.95 bits per heavy atom. The average Bonchev–Trinajstić information content (AvgIpc) is 2.92. The third kappa shape index (κ3) is 3.26. The van der Waals surface area contributed by atoms with Gasteiger partial charge >= 0.3 is 0 Å². The molecule has 108 valence electrons. The highest BCUT2D eigenvalue weighted by Gasteiger charge is 2.03. The molecule has 21 heavy (non-hydrogen) atoms. The number of hydrogen-bond donors (Lipinski definition) is 1. The average molecular weight is 282 g/mol. The largest absolute Gasteiger partial charge is 0.380 e. The first-order valence-electron chi connectivity index (χ1n) is 6.93. The molecular weight excluding hydrogens is 264 g/mol. The van der Waals surface area contributed by atoms with Crippen LogP contribution in [-0.2, 0) is 24.4 Å². The highest BCUT2D eigenvalue weighted by atomic mass is 16.5. The Kier molecular flexibility index (Phi) is 4.23. The van der Waals surface area contributed by atoms with Gasteiger partial charge in [0.2, 0.25) is 0 Å². The lowest BCUT2D eigenvalue weighted by Crippen LogP contribution is -2.15. The Labute approximate surface area is 123 Å². The van der Waals surface area contributed by atoms with Crippen LogP contribution in [0.1, 0.15) is 17.0 Å². The van der Waals surface area contributed by atoms with Crippen LogP contribution in [0, 0.1) is 0 Å². The lowest BCUT2D eigenvalue weighted by molar-refractivity contribution is 0.185. The number of benzene rings is 1. The Bertz CT molecular complexity index is 723. The van der Waals surface area contributed by atoms with Gasteiger partial charge in [-0.05, 0) is 23.3 Å². The van der Waals surface area contributed by atoms with Crippen molar-refractivity contribution in [2.24, 2.45) is 0 Å². The topological polar surface area (TPSA) is 51.5 Å². The summed E-state index contributed by atoms with van der Waals surface area (Å²) in [5.74, 6) is 0.915. The molecule has 0 fully saturated rings. The molecular formula is C16H18N4O. The Hall–Kier alpha value is -2.24. The minimum Gasteiger partial charge on any atom is -0.380 e. The SMILES string of the molecule is COCc1cccc(CNCc2nnc3ccccn23)c1. The number of rotatable bonds is 6. The van der Waals surface area contributed by atoms with Gasteiger partial charge in [0, 0.05) is 19.9 Å². The monoisotopic (exact) mass is 282 g/mol. The second kappa shape index (κ2) is 6.47. The normalized spacial score (nSPS) is 11.1. The number of aromatic nitrogens is 3. The van der Waals surface area contributed by atoms with Crippen LogP contribution in [0.5, 0.6) is 0 Å². The molecule has 5 heteroatoms. The second-order valence-electron chi connectivity index (χ2n) is 4.90. The first-order chi connectivity index (χ1) is 10.4. The molecule has 0 unspecified atom stereocenters. The molecule has 5 nitrogen and oxygen atoms in total. The van der Waals surface area contributed by atoms with Crippen LogP contribution in [0.2, 0.25) is 0 Å². The molecule has 2 heterocycles. The van der Waals surface area contributed by atoms with Crippen molar-refractivity contribution in [2.75, 3.05) is 7.11 Å². The molecule has 0 bridgehead atoms. The number of nitrogens with zero attached hydrogens (tertiary/aromatic N) is 3. The third-order valence-corrected chi connectivity index (χ3v) is 3.30. The van der Waals surface area contributed by atoms with Crippen molar-refractivity contribution >= 4 is 5.65 Å². The van der Waals surface area contributed by atoms with Crippen molar-refractivity contribution in [2.45, 2.75) is 19.7 Å². The quantitative estimate of drug-likeness (QED) is 0.753. The van der Waals surface area contributed by atoms with E-state index in [0.717, 1.165) is 18.0 Å². The van der Waals surface area contributed by atoms with E-state index >= 15 is 0 Å². The molecule has 0 aliphatic carbocycles. The summed E-state index contributed by atoms with van der Waals surface area (Å²) >= 11 is 0. The van der Waals surface area contributed by atoms with E-state index in [9.17, 15) is 0 Å². The fourth-order valence-electron chi connectivity index (χ4n) is 2.33. The number of hydrogen-bond acceptors (Lipinski definition) is 4. The lowest BCUT2D eigenvalue weighted by Gasteiger charge is -2.06. The van der Waals surface area contributed by atoms with Crippen LogP contribution in [0.15, 0.2) is 48.7 Å². The maximum absolute atomic E-state index is 5.15. The van der Waals surface area contributed by atoms with Crippen LogP contribution in [0.4, 0.5) is 0 Å². The molecule has 0 radical (unpaired) electrons. The number of pyridine rings is 1. The van der Waals surface area contributed by atoms with E-state index in [1.165, 1.54) is 11.1 Å². The number of methoxy groups -OCH3 is 1. The van der Waals surface area contributed by atoms with Gasteiger partial charge in [0.15, 0.2) is 11.5 Å². The zero-order valence-electron chi connectivity index (χ0n) is 12.0. The molecule has 0 amide bonds. The van der Waals surface area contributed by atoms with Gasteiger partial charge in [-0.1, -0.05) is 30.3 Å². The molecule has 1 aromatic carbocycles. The van der Waals surface area contributed by atoms with Gasteiger partial charge in [0.25, 0.3) is 0 Å². The molecule has 0 aliphatic heterocycles. The number of fused-ring (bicyclic) bond motifs is 1. The minimum atomic E-state index is 0.642. The summed E-state index contributed by atoms with van der Waals surface area (Å²) in [6, 6.07) is 14.3. The lowest BCUT2D eigenvalue weighted by atomic mass is 10.1. The van der Waals surface area contributed by atoms with Crippen LogP contribution in [0.3, 0.4) is 0 Å². The number of nitrogens with one attached hydrogen (secondary N) is 1. The van der Waals surface area contributed by atoms with Gasteiger partial charge in [0.05, 0.1) is 13.2 Å². The van der Waals surface area contributed by atoms with Crippen LogP contribution >= 0.6 is 0 Å². The molecule has 1 N–H and O–H groups in total. The van der Waals surface area contributed by atoms with E-state index < -0.39 is 0 Å². The minimum absolute atomic E-state index is 0.642. The second-order valence-corrected chi connectivity index (χ2v) is 4.90. The zero-order chi connectivity index (χ0) is 14.5. The number of ether oxygens (including phenoxy) is 1. The summed E-state index contributed by atoms with van der Waals surface area (Å²) < 4.78 is 7.15. The fourth-order valence-corrected chi connectivity index (χ4v) is 2.33. The Balaban J connectivity index is 1.62. The van der Waals surface area contributed by atoms with E-state index in [1.54, 1.807) is 7.11 Å². The standard InChI is InChI=1S/C16H18N4O/c1-21-12-14-6-4-5-13(9-14)10-17-11-16-19-18-15-7-2-3-8-20(15)16/h2-9,17H,10-12H2,1H3. The first kappa shape index (κ1) is 13.7. The Morgan fingerprint density at radius 3 is 2.86 bits per heavy atom. The van der Waals surface area contributed by atoms with E-state index in [1.807, 2.05) is 28.8 Å². The van der Waals surface area contributed by atoms with Crippen LogP contribution < -0.4 is 5.32 Å². The Morgan fingerprint density at radius 1 is 1.05 bits per heavy atom. The summed E-state index contributed by atoms with van der Waals surface area (Å²) in [5, 5.41) is 11.7. The highest BCUT2D eigenvalue weighted by molar-refractivity contribution is 5.36. The summed E-state index contributed by atoms with van der Waals surface area (Å²) in [7, 11) is 1.71. The molecule has 0 saturated heterocycles. The van der Waals surface area contributed by atoms with Crippen molar-refractivity contribution in [3.05, 3.63) is 65.6 Å². The van der Waals surface area contributed by atoms with Crippen molar-refractivity contribution in [3.63, 3.8) is 0 Å². The van der Waals surface area contributed by atoms with E-state index in [4.69, 9.17) is 4.74 Å². The van der Waals surface area contributed by atoms with Crippen molar-refractivity contribution in [3.8, 4) is 0 Å². The molecule has 3 rings (SSSR count). The maximum atomic E-state index is 5.15. The molecule has 0 atom stereocenters. The van der Waals surface area contributed by atoms with Crippen molar-refractivity contribution in [1.82, 2.24) is 19.9 Å². The summed E-state index contributed by atoms with van der Waals surface area (Å²) in [4.78, 5) is 0. The maximum Gasteiger partial charge on any atom is 0.160 e. The van der Waals surface area contributed by atoms with E-state index in [-0.39, 0.29) is 0 Å². The van der Waals surface area contributed by atoms with Gasteiger partial charge < -0.3 is 10.1 Å². The summed E-state index contributed by atoms with van der Waals surface area (Å²) in [6.45, 7) is 2.11. The smallest absolute Gasteiger partial charge is 0.160 e. The van der Waals surface area contributed by atoms with Gasteiger partial charge in [-0.3, -0.25) is 4.40 Å². The van der Waals surface area contributed by atoms with Crippen molar-refractivity contribution < 1.29 is 4.74 Å². The van der Waals surface area contributed by atoms with E-state index in [2.05, 4.69) is 39.8 Å². The van der Waals surface area contributed by atoms with Gasteiger partial charge in [0.1, 0.15) is 0 Å². The predicted octanol–water partition coefficient (Wildman–Crippen LogP) is 2.17. The summed E-state index contributed by atoms with van der Waals surface area (Å²) in [6.07, 6.45) is 1.98. The van der Waals surface area contributed by atoms with Crippen molar-refractivity contribution in [1.29, 1.82) is 0 Å². The molecule has 3 aromatic rings. The predicted molar refractivity (Wildman–Crippen MR) is 80.7 cm³/mol. The molecule has 2 aromatic heterocycles. The zero-order valence-corrected chi connectivity index (χ0v) is 12.0. The molecule has 0 aliphatic rings. The first-order valence-corrected chi connectivity index (χ1v) is 6.93. The fraction of sp³-hybridized carbons (Fsp3) is 0.250. The van der Waals surface area contributed by atoms with Crippen LogP contribution in [-0.4, -0.2) is 21.7 Å². The molecule has 0 spiro atoms.